The van der Waals surface area contributed by atoms with Crippen molar-refractivity contribution in [2.24, 2.45) is 0 Å². The Hall–Kier alpha value is -2.99. The zero-order chi connectivity index (χ0) is 32.6. The molecule has 12 nitrogen and oxygen atoms in total. The van der Waals surface area contributed by atoms with Gasteiger partial charge in [-0.3, -0.25) is 4.18 Å². The minimum atomic E-state index is -3.63. The first-order chi connectivity index (χ1) is 19.2. The molecule has 0 bridgehead atoms. The van der Waals surface area contributed by atoms with Gasteiger partial charge >= 0.3 is 67.8 Å². The SMILES string of the molecule is Cc1ccc(S(=O)(=O)NCC#Cc2ccccc2[C]=[C]COS(C)(=O)=O)cc1.[C-]#[O+].[C-]#[O+].[C-]#[O+].[C-]#[O+].[C-]#[O+].[C-]#[O+].[Co].[Co]. The molecule has 224 valence electrons. The topological polar surface area (TPSA) is 209 Å². The molecule has 1 N–H and O–H groups in total. The van der Waals surface area contributed by atoms with Crippen molar-refractivity contribution in [3.05, 3.63) is 117 Å². The van der Waals surface area contributed by atoms with Crippen LogP contribution in [0.25, 0.3) is 0 Å². The summed E-state index contributed by atoms with van der Waals surface area (Å²) in [6.07, 6.45) is 6.35. The molecule has 42 heavy (non-hydrogen) atoms. The third-order valence-electron chi connectivity index (χ3n) is 3.40. The molecule has 0 aliphatic heterocycles. The van der Waals surface area contributed by atoms with Gasteiger partial charge in [0, 0.05) is 39.1 Å². The Morgan fingerprint density at radius 2 is 1.17 bits per heavy atom. The van der Waals surface area contributed by atoms with Crippen molar-refractivity contribution in [1.82, 2.24) is 4.72 Å². The fourth-order valence-electron chi connectivity index (χ4n) is 2.04. The van der Waals surface area contributed by atoms with Crippen LogP contribution >= 0.6 is 0 Å². The Morgan fingerprint density at radius 3 is 1.60 bits per heavy atom. The first kappa shape index (κ1) is 55.0. The monoisotopic (exact) mass is 703 g/mol. The normalized spacial score (nSPS) is 8.24. The van der Waals surface area contributed by atoms with Crippen LogP contribution in [0.3, 0.4) is 0 Å². The molecule has 0 unspecified atom stereocenters. The summed E-state index contributed by atoms with van der Waals surface area (Å²) in [6.45, 7) is 28.6. The van der Waals surface area contributed by atoms with Crippen molar-refractivity contribution in [2.45, 2.75) is 11.8 Å². The second kappa shape index (κ2) is 38.0. The van der Waals surface area contributed by atoms with Crippen molar-refractivity contribution in [2.75, 3.05) is 19.4 Å². The Morgan fingerprint density at radius 1 is 0.738 bits per heavy atom. The van der Waals surface area contributed by atoms with Crippen LogP contribution < -0.4 is 4.72 Å². The summed E-state index contributed by atoms with van der Waals surface area (Å²) >= 11 is 0. The first-order valence-corrected chi connectivity index (χ1v) is 12.7. The molecule has 0 amide bonds. The zero-order valence-electron chi connectivity index (χ0n) is 21.5. The molecule has 4 radical (unpaired) electrons. The van der Waals surface area contributed by atoms with Crippen LogP contribution in [0, 0.1) is 70.8 Å². The van der Waals surface area contributed by atoms with Crippen LogP contribution in [0.4, 0.5) is 0 Å². The van der Waals surface area contributed by atoms with Gasteiger partial charge in [0.2, 0.25) is 10.0 Å². The predicted octanol–water partition coefficient (Wildman–Crippen LogP) is 1.58. The summed E-state index contributed by atoms with van der Waals surface area (Å²) in [7, 11) is -7.17. The number of nitrogens with one attached hydrogen (secondary N) is 1. The van der Waals surface area contributed by atoms with Crippen molar-refractivity contribution < 1.29 is 82.5 Å². The minimum Gasteiger partial charge on any atom is 0 e. The van der Waals surface area contributed by atoms with Crippen molar-refractivity contribution in [1.29, 1.82) is 0 Å². The number of rotatable bonds is 7. The van der Waals surface area contributed by atoms with Gasteiger partial charge in [-0.1, -0.05) is 47.7 Å². The summed E-state index contributed by atoms with van der Waals surface area (Å²) in [5, 5.41) is 0. The van der Waals surface area contributed by atoms with Crippen LogP contribution in [-0.4, -0.2) is 36.2 Å². The smallest absolute Gasteiger partial charge is 0 e. The van der Waals surface area contributed by atoms with Crippen molar-refractivity contribution >= 4 is 20.1 Å². The van der Waals surface area contributed by atoms with Gasteiger partial charge in [0.05, 0.1) is 24.3 Å². The van der Waals surface area contributed by atoms with E-state index >= 15 is 0 Å². The summed E-state index contributed by atoms with van der Waals surface area (Å²) in [6, 6.07) is 13.5. The average Bonchev–Trinajstić information content (AvgIpc) is 3.00. The number of aryl methyl sites for hydroxylation is 1. The molecule has 0 aliphatic carbocycles. The first-order valence-electron chi connectivity index (χ1n) is 9.37. The van der Waals surface area contributed by atoms with E-state index in [9.17, 15) is 16.8 Å². The third kappa shape index (κ3) is 30.0. The molecule has 0 heterocycles. The Labute approximate surface area is 266 Å². The van der Waals surface area contributed by atoms with Gasteiger partial charge in [-0.25, -0.2) is 8.42 Å². The predicted molar refractivity (Wildman–Crippen MR) is 130 cm³/mol. The van der Waals surface area contributed by atoms with E-state index in [0.29, 0.717) is 11.1 Å². The quantitative estimate of drug-likeness (QED) is 0.197. The van der Waals surface area contributed by atoms with Crippen molar-refractivity contribution in [3.63, 3.8) is 0 Å². The molecule has 0 fully saturated rings. The number of sulfonamides is 1. The van der Waals surface area contributed by atoms with Crippen LogP contribution in [-0.2, 0) is 85.8 Å². The molecule has 0 saturated carbocycles. The largest absolute Gasteiger partial charge is 0 e. The molecular formula is C26H19Co2NO11S2. The molecular weight excluding hydrogens is 684 g/mol. The van der Waals surface area contributed by atoms with Crippen LogP contribution in [0.2, 0.25) is 0 Å². The summed E-state index contributed by atoms with van der Waals surface area (Å²) in [4.78, 5) is 0.178. The van der Waals surface area contributed by atoms with Gasteiger partial charge in [-0.15, -0.1) is 0 Å². The molecule has 2 aromatic rings. The van der Waals surface area contributed by atoms with Gasteiger partial charge in [0.1, 0.15) is 0 Å². The second-order valence-electron chi connectivity index (χ2n) is 5.75. The summed E-state index contributed by atoms with van der Waals surface area (Å²) < 4.78 is 98.2. The maximum atomic E-state index is 12.2. The molecule has 0 aromatic heterocycles. The Bertz CT molecular complexity index is 1350. The van der Waals surface area contributed by atoms with Crippen LogP contribution in [0.5, 0.6) is 0 Å². The van der Waals surface area contributed by atoms with E-state index in [1.165, 1.54) is 12.1 Å². The molecule has 0 atom stereocenters. The van der Waals surface area contributed by atoms with E-state index in [0.717, 1.165) is 11.8 Å². The number of hydrogen-bond donors (Lipinski definition) is 1. The Balaban J connectivity index is -0.000000155. The fraction of sp³-hybridized carbons (Fsp3) is 0.154. The summed E-state index contributed by atoms with van der Waals surface area (Å²) in [5.74, 6) is 5.62. The van der Waals surface area contributed by atoms with E-state index in [1.54, 1.807) is 36.4 Å². The van der Waals surface area contributed by atoms with E-state index < -0.39 is 20.1 Å². The molecule has 16 heteroatoms. The van der Waals surface area contributed by atoms with E-state index in [1.807, 2.05) is 6.92 Å². The second-order valence-corrected chi connectivity index (χ2v) is 9.16. The van der Waals surface area contributed by atoms with Gasteiger partial charge < -0.3 is 0 Å². The van der Waals surface area contributed by atoms with Gasteiger partial charge in [-0.2, -0.15) is 13.1 Å². The molecule has 0 aliphatic rings. The zero-order valence-corrected chi connectivity index (χ0v) is 25.2. The maximum Gasteiger partial charge on any atom is 0 e. The molecule has 0 saturated heterocycles. The van der Waals surface area contributed by atoms with E-state index in [-0.39, 0.29) is 51.6 Å². The van der Waals surface area contributed by atoms with Crippen molar-refractivity contribution in [3.8, 4) is 11.8 Å². The fourth-order valence-corrected chi connectivity index (χ4v) is 3.24. The van der Waals surface area contributed by atoms with E-state index in [2.05, 4.69) is 72.8 Å². The standard InChI is InChI=1S/C20H19NO5S2.6CO.2Co/c1-17-11-13-20(14-12-17)28(24,25)21-15-5-9-18-7-3-4-8-19(18)10-6-16-26-27(2,22)23;6*1-2;;/h3-4,7-8,11-14,21H,15-16H2,1-2H3;;;;;;;;. The maximum absolute atomic E-state index is 12.2. The van der Waals surface area contributed by atoms with Crippen LogP contribution in [0.1, 0.15) is 16.7 Å². The number of hydrogen-bond acceptors (Lipinski definition) is 5. The minimum absolute atomic E-state index is 0. The van der Waals surface area contributed by atoms with Gasteiger partial charge in [0.25, 0.3) is 10.1 Å². The molecule has 2 aromatic carbocycles. The van der Waals surface area contributed by atoms with Gasteiger partial charge in [0.15, 0.2) is 0 Å². The number of benzene rings is 2. The molecule has 2 rings (SSSR count). The molecule has 0 spiro atoms. The Kier molecular flexibility index (Phi) is 49.8. The average molecular weight is 703 g/mol. The van der Waals surface area contributed by atoms with Gasteiger partial charge in [-0.05, 0) is 42.8 Å². The summed E-state index contributed by atoms with van der Waals surface area (Å²) in [5.41, 5.74) is 2.16. The third-order valence-corrected chi connectivity index (χ3v) is 5.36. The van der Waals surface area contributed by atoms with Crippen LogP contribution in [0.15, 0.2) is 53.4 Å². The van der Waals surface area contributed by atoms with E-state index in [4.69, 9.17) is 27.9 Å².